The number of hydrogen-bond donors (Lipinski definition) is 3. The minimum Gasteiger partial charge on any atom is -0.350 e. The first-order valence-electron chi connectivity index (χ1n) is 7.49. The molecule has 0 aliphatic heterocycles. The number of carbonyl (C=O) groups is 2. The van der Waals surface area contributed by atoms with Gasteiger partial charge in [0.15, 0.2) is 0 Å². The number of hydrogen-bond acceptors (Lipinski definition) is 3. The van der Waals surface area contributed by atoms with Crippen molar-refractivity contribution in [3.8, 4) is 0 Å². The Hall–Kier alpha value is -2.37. The standard InChI is InChI=1S/C18H21N3O2.ClH/c1-12(2)20-17(22)14-8-10-15(11-9-14)21-18(23)16(19)13-6-4-3-5-7-13;/h3-12,16H,19H2,1-2H3,(H,20,22)(H,21,23);1H/t16-;/m0./s1. The van der Waals surface area contributed by atoms with Gasteiger partial charge in [-0.15, -0.1) is 12.4 Å². The van der Waals surface area contributed by atoms with Gasteiger partial charge >= 0.3 is 0 Å². The first-order valence-corrected chi connectivity index (χ1v) is 7.49. The van der Waals surface area contributed by atoms with Gasteiger partial charge in [-0.1, -0.05) is 30.3 Å². The number of nitrogens with two attached hydrogens (primary N) is 1. The SMILES string of the molecule is CC(C)NC(=O)c1ccc(NC(=O)[C@@H](N)c2ccccc2)cc1.Cl. The van der Waals surface area contributed by atoms with Crippen LogP contribution in [0.1, 0.15) is 35.8 Å². The minimum atomic E-state index is -0.736. The van der Waals surface area contributed by atoms with Crippen LogP contribution in [0, 0.1) is 0 Å². The van der Waals surface area contributed by atoms with E-state index in [4.69, 9.17) is 5.73 Å². The van der Waals surface area contributed by atoms with E-state index < -0.39 is 6.04 Å². The van der Waals surface area contributed by atoms with Crippen molar-refractivity contribution in [2.45, 2.75) is 25.9 Å². The normalized spacial score (nSPS) is 11.3. The third kappa shape index (κ3) is 5.37. The van der Waals surface area contributed by atoms with Crippen molar-refractivity contribution >= 4 is 29.9 Å². The lowest BCUT2D eigenvalue weighted by molar-refractivity contribution is -0.117. The van der Waals surface area contributed by atoms with E-state index in [2.05, 4.69) is 10.6 Å². The number of benzene rings is 2. The van der Waals surface area contributed by atoms with E-state index in [9.17, 15) is 9.59 Å². The summed E-state index contributed by atoms with van der Waals surface area (Å²) >= 11 is 0. The molecule has 2 aromatic carbocycles. The predicted molar refractivity (Wildman–Crippen MR) is 98.3 cm³/mol. The lowest BCUT2D eigenvalue weighted by Gasteiger charge is -2.13. The van der Waals surface area contributed by atoms with E-state index in [1.807, 2.05) is 44.2 Å². The molecule has 128 valence electrons. The molecule has 2 aromatic rings. The summed E-state index contributed by atoms with van der Waals surface area (Å²) in [5.41, 5.74) is 7.84. The van der Waals surface area contributed by atoms with Crippen molar-refractivity contribution in [1.82, 2.24) is 5.32 Å². The summed E-state index contributed by atoms with van der Waals surface area (Å²) in [5.74, 6) is -0.436. The highest BCUT2D eigenvalue weighted by molar-refractivity contribution is 5.97. The van der Waals surface area contributed by atoms with Crippen molar-refractivity contribution in [3.63, 3.8) is 0 Å². The zero-order chi connectivity index (χ0) is 16.8. The quantitative estimate of drug-likeness (QED) is 0.777. The Balaban J connectivity index is 0.00000288. The number of anilines is 1. The van der Waals surface area contributed by atoms with Gasteiger partial charge in [-0.2, -0.15) is 0 Å². The van der Waals surface area contributed by atoms with Crippen LogP contribution in [0.5, 0.6) is 0 Å². The Bertz CT molecular complexity index is 672. The maximum absolute atomic E-state index is 12.2. The molecule has 5 nitrogen and oxygen atoms in total. The Kier molecular flexibility index (Phi) is 7.42. The number of rotatable bonds is 5. The van der Waals surface area contributed by atoms with Crippen LogP contribution in [0.4, 0.5) is 5.69 Å². The predicted octanol–water partition coefficient (Wildman–Crippen LogP) is 2.89. The lowest BCUT2D eigenvalue weighted by Crippen LogP contribution is -2.30. The Labute approximate surface area is 148 Å². The molecule has 0 saturated heterocycles. The number of nitrogens with one attached hydrogen (secondary N) is 2. The summed E-state index contributed by atoms with van der Waals surface area (Å²) in [6, 6.07) is 15.2. The maximum atomic E-state index is 12.2. The fourth-order valence-corrected chi connectivity index (χ4v) is 2.08. The van der Waals surface area contributed by atoms with Crippen LogP contribution in [-0.4, -0.2) is 17.9 Å². The molecule has 0 spiro atoms. The largest absolute Gasteiger partial charge is 0.350 e. The Morgan fingerprint density at radius 2 is 1.54 bits per heavy atom. The second-order valence-corrected chi connectivity index (χ2v) is 5.58. The summed E-state index contributed by atoms with van der Waals surface area (Å²) in [4.78, 5) is 24.0. The molecule has 0 radical (unpaired) electrons. The molecule has 0 aliphatic carbocycles. The summed E-state index contributed by atoms with van der Waals surface area (Å²) in [5, 5.41) is 5.56. The molecule has 4 N–H and O–H groups in total. The van der Waals surface area contributed by atoms with E-state index in [0.717, 1.165) is 5.56 Å². The molecular weight excluding hydrogens is 326 g/mol. The van der Waals surface area contributed by atoms with Crippen LogP contribution in [0.3, 0.4) is 0 Å². The zero-order valence-corrected chi connectivity index (χ0v) is 14.5. The first-order chi connectivity index (χ1) is 11.0. The van der Waals surface area contributed by atoms with Gasteiger partial charge in [0, 0.05) is 17.3 Å². The van der Waals surface area contributed by atoms with Crippen molar-refractivity contribution in [3.05, 3.63) is 65.7 Å². The second-order valence-electron chi connectivity index (χ2n) is 5.58. The van der Waals surface area contributed by atoms with Crippen molar-refractivity contribution < 1.29 is 9.59 Å². The maximum Gasteiger partial charge on any atom is 0.251 e. The highest BCUT2D eigenvalue weighted by Crippen LogP contribution is 2.14. The van der Waals surface area contributed by atoms with Gasteiger partial charge < -0.3 is 16.4 Å². The summed E-state index contributed by atoms with van der Waals surface area (Å²) in [6.45, 7) is 3.80. The van der Waals surface area contributed by atoms with Crippen LogP contribution in [0.15, 0.2) is 54.6 Å². The Morgan fingerprint density at radius 1 is 0.958 bits per heavy atom. The smallest absolute Gasteiger partial charge is 0.251 e. The van der Waals surface area contributed by atoms with E-state index in [1.54, 1.807) is 24.3 Å². The van der Waals surface area contributed by atoms with Crippen LogP contribution in [-0.2, 0) is 4.79 Å². The molecule has 0 fully saturated rings. The summed E-state index contributed by atoms with van der Waals surface area (Å²) in [7, 11) is 0. The summed E-state index contributed by atoms with van der Waals surface area (Å²) in [6.07, 6.45) is 0. The van der Waals surface area contributed by atoms with Gasteiger partial charge in [0.2, 0.25) is 5.91 Å². The van der Waals surface area contributed by atoms with Crippen LogP contribution >= 0.6 is 12.4 Å². The molecule has 0 saturated carbocycles. The fourth-order valence-electron chi connectivity index (χ4n) is 2.08. The highest BCUT2D eigenvalue weighted by Gasteiger charge is 2.15. The van der Waals surface area contributed by atoms with Crippen LogP contribution < -0.4 is 16.4 Å². The van der Waals surface area contributed by atoms with Crippen molar-refractivity contribution in [2.24, 2.45) is 5.73 Å². The molecule has 0 aliphatic rings. The van der Waals surface area contributed by atoms with E-state index in [0.29, 0.717) is 11.3 Å². The van der Waals surface area contributed by atoms with Gasteiger partial charge in [-0.25, -0.2) is 0 Å². The molecule has 2 amide bonds. The molecular formula is C18H22ClN3O2. The monoisotopic (exact) mass is 347 g/mol. The molecule has 24 heavy (non-hydrogen) atoms. The minimum absolute atomic E-state index is 0. The molecule has 1 atom stereocenters. The molecule has 6 heteroatoms. The van der Waals surface area contributed by atoms with Gasteiger partial charge in [-0.05, 0) is 43.7 Å². The fraction of sp³-hybridized carbons (Fsp3) is 0.222. The van der Waals surface area contributed by atoms with Crippen LogP contribution in [0.25, 0.3) is 0 Å². The lowest BCUT2D eigenvalue weighted by atomic mass is 10.1. The molecule has 2 rings (SSSR count). The number of amides is 2. The molecule has 0 unspecified atom stereocenters. The van der Waals surface area contributed by atoms with Crippen LogP contribution in [0.2, 0.25) is 0 Å². The highest BCUT2D eigenvalue weighted by atomic mass is 35.5. The van der Waals surface area contributed by atoms with Gasteiger partial charge in [0.1, 0.15) is 6.04 Å². The molecule has 0 bridgehead atoms. The van der Waals surface area contributed by atoms with Crippen molar-refractivity contribution in [1.29, 1.82) is 0 Å². The Morgan fingerprint density at radius 3 is 2.08 bits per heavy atom. The molecule has 0 heterocycles. The zero-order valence-electron chi connectivity index (χ0n) is 13.7. The van der Waals surface area contributed by atoms with Crippen molar-refractivity contribution in [2.75, 3.05) is 5.32 Å². The van der Waals surface area contributed by atoms with Gasteiger partial charge in [0.05, 0.1) is 0 Å². The third-order valence-electron chi connectivity index (χ3n) is 3.28. The number of carbonyl (C=O) groups excluding carboxylic acids is 2. The van der Waals surface area contributed by atoms with E-state index in [-0.39, 0.29) is 30.3 Å². The molecule has 0 aromatic heterocycles. The van der Waals surface area contributed by atoms with Gasteiger partial charge in [-0.3, -0.25) is 9.59 Å². The average Bonchev–Trinajstić information content (AvgIpc) is 2.55. The average molecular weight is 348 g/mol. The topological polar surface area (TPSA) is 84.2 Å². The third-order valence-corrected chi connectivity index (χ3v) is 3.28. The summed E-state index contributed by atoms with van der Waals surface area (Å²) < 4.78 is 0. The van der Waals surface area contributed by atoms with E-state index >= 15 is 0 Å². The second kappa shape index (κ2) is 9.05. The van der Waals surface area contributed by atoms with Gasteiger partial charge in [0.25, 0.3) is 5.91 Å². The first kappa shape index (κ1) is 19.7. The number of halogens is 1. The van der Waals surface area contributed by atoms with E-state index in [1.165, 1.54) is 0 Å².